The van der Waals surface area contributed by atoms with Crippen molar-refractivity contribution in [1.29, 1.82) is 10.8 Å². The van der Waals surface area contributed by atoms with Crippen molar-refractivity contribution < 1.29 is 24.9 Å². The molecule has 0 amide bonds. The van der Waals surface area contributed by atoms with E-state index < -0.39 is 6.10 Å². The first kappa shape index (κ1) is 16.9. The Labute approximate surface area is 68.3 Å². The van der Waals surface area contributed by atoms with Crippen LogP contribution in [0.15, 0.2) is 0 Å². The molecule has 0 radical (unpaired) electrons. The number of aliphatic hydroxyl groups excluding tert-OH is 3. The molecule has 7 heteroatoms. The normalized spacial score (nSPS) is 6.33. The van der Waals surface area contributed by atoms with E-state index in [1.54, 1.807) is 0 Å². The lowest BCUT2D eigenvalue weighted by atomic mass is 10.4. The van der Waals surface area contributed by atoms with E-state index in [0.29, 0.717) is 0 Å². The van der Waals surface area contributed by atoms with E-state index in [2.05, 4.69) is 0 Å². The third-order valence-electron chi connectivity index (χ3n) is 0.421. The number of hydrogen-bond acceptors (Lipinski definition) is 7. The Kier molecular flexibility index (Phi) is 31.9. The van der Waals surface area contributed by atoms with Crippen LogP contribution >= 0.6 is 0 Å². The molecule has 7 nitrogen and oxygen atoms in total. The van der Waals surface area contributed by atoms with Crippen molar-refractivity contribution in [2.24, 2.45) is 0 Å². The highest BCUT2D eigenvalue weighted by Gasteiger charge is 1.93. The molecule has 12 heavy (non-hydrogen) atoms. The van der Waals surface area contributed by atoms with Gasteiger partial charge < -0.3 is 15.3 Å². The van der Waals surface area contributed by atoms with E-state index in [1.165, 1.54) is 0 Å². The van der Waals surface area contributed by atoms with Gasteiger partial charge in [0.15, 0.2) is 0 Å². The Hall–Kier alpha value is -1.36. The second kappa shape index (κ2) is 22.6. The number of hydrogen-bond donors (Lipinski definition) is 5. The molecule has 0 bridgehead atoms. The fraction of sp³-hybridized carbons (Fsp3) is 0.600. The highest BCUT2D eigenvalue weighted by Crippen LogP contribution is 1.71. The molecule has 5 N–H and O–H groups in total. The highest BCUT2D eigenvalue weighted by atomic mass is 16.3. The fourth-order valence-electron chi connectivity index (χ4n) is 0.0577. The second-order valence-corrected chi connectivity index (χ2v) is 1.22. The first-order chi connectivity index (χ1) is 5.64. The molecule has 0 aliphatic carbocycles. The molecule has 0 rings (SSSR count). The molecule has 0 saturated heterocycles. The third kappa shape index (κ3) is 72.4. The molecular formula is C5H10N2O5. The summed E-state index contributed by atoms with van der Waals surface area (Å²) in [4.78, 5) is 16.7. The smallest absolute Gasteiger partial charge is 0.231 e. The van der Waals surface area contributed by atoms with Gasteiger partial charge in [-0.25, -0.2) is 20.4 Å². The summed E-state index contributed by atoms with van der Waals surface area (Å²) in [5.41, 5.74) is 0. The van der Waals surface area contributed by atoms with E-state index in [1.807, 2.05) is 0 Å². The summed E-state index contributed by atoms with van der Waals surface area (Å²) in [6, 6.07) is 0. The second-order valence-electron chi connectivity index (χ2n) is 1.22. The third-order valence-corrected chi connectivity index (χ3v) is 0.421. The topological polar surface area (TPSA) is 143 Å². The van der Waals surface area contributed by atoms with Crippen molar-refractivity contribution in [1.82, 2.24) is 0 Å². The zero-order valence-electron chi connectivity index (χ0n) is 6.15. The number of nitrogens with one attached hydrogen (secondary N) is 2. The average molecular weight is 178 g/mol. The minimum Gasteiger partial charge on any atom is -0.394 e. The molecule has 0 aromatic heterocycles. The lowest BCUT2D eigenvalue weighted by Gasteiger charge is -1.96. The minimum absolute atomic E-state index is 0.365. The lowest BCUT2D eigenvalue weighted by Crippen LogP contribution is -2.15. The van der Waals surface area contributed by atoms with E-state index in [9.17, 15) is 0 Å². The summed E-state index contributed by atoms with van der Waals surface area (Å²) in [5.74, 6) is 0. The van der Waals surface area contributed by atoms with E-state index in [0.717, 1.165) is 12.2 Å². The Morgan fingerprint density at radius 3 is 1.25 bits per heavy atom. The molecule has 0 aromatic carbocycles. The van der Waals surface area contributed by atoms with Gasteiger partial charge in [-0.05, 0) is 0 Å². The molecule has 0 atom stereocenters. The van der Waals surface area contributed by atoms with Gasteiger partial charge in [-0.1, -0.05) is 0 Å². The summed E-state index contributed by atoms with van der Waals surface area (Å²) >= 11 is 0. The summed E-state index contributed by atoms with van der Waals surface area (Å²) in [7, 11) is 0. The predicted molar refractivity (Wildman–Crippen MR) is 37.0 cm³/mol. The zero-order valence-corrected chi connectivity index (χ0v) is 6.15. The Balaban J connectivity index is -0.000000115. The van der Waals surface area contributed by atoms with E-state index >= 15 is 0 Å². The standard InChI is InChI=1S/C3H8O3.2CHNO/c4-1-3(6)2-5;2*2-1-3/h3-6H,1-2H2;2*2H. The monoisotopic (exact) mass is 178 g/mol. The van der Waals surface area contributed by atoms with Crippen molar-refractivity contribution in [3.05, 3.63) is 0 Å². The van der Waals surface area contributed by atoms with Crippen molar-refractivity contribution >= 4 is 12.2 Å². The maximum Gasteiger partial charge on any atom is 0.231 e. The molecule has 0 aliphatic rings. The van der Waals surface area contributed by atoms with Crippen LogP contribution in [0, 0.1) is 10.8 Å². The largest absolute Gasteiger partial charge is 0.394 e. The van der Waals surface area contributed by atoms with Crippen LogP contribution in [0.1, 0.15) is 0 Å². The summed E-state index contributed by atoms with van der Waals surface area (Å²) < 4.78 is 0. The summed E-state index contributed by atoms with van der Waals surface area (Å²) in [6.45, 7) is -0.729. The van der Waals surface area contributed by atoms with E-state index in [-0.39, 0.29) is 13.2 Å². The number of isocyanates is 2. The summed E-state index contributed by atoms with van der Waals surface area (Å²) in [5, 5.41) is 34.8. The van der Waals surface area contributed by atoms with Crippen LogP contribution in [0.25, 0.3) is 0 Å². The van der Waals surface area contributed by atoms with Crippen LogP contribution in [0.2, 0.25) is 0 Å². The maximum atomic E-state index is 8.35. The molecule has 0 aromatic rings. The molecule has 0 aliphatic heterocycles. The highest BCUT2D eigenvalue weighted by molar-refractivity contribution is 5.26. The van der Waals surface area contributed by atoms with Gasteiger partial charge in [0.2, 0.25) is 12.2 Å². The fourth-order valence-corrected chi connectivity index (χ4v) is 0.0577. The Bertz CT molecular complexity index is 121. The van der Waals surface area contributed by atoms with Gasteiger partial charge in [-0.15, -0.1) is 0 Å². The molecule has 0 unspecified atom stereocenters. The molecule has 70 valence electrons. The van der Waals surface area contributed by atoms with Crippen molar-refractivity contribution in [3.8, 4) is 0 Å². The Morgan fingerprint density at radius 2 is 1.25 bits per heavy atom. The summed E-state index contributed by atoms with van der Waals surface area (Å²) in [6.07, 6.45) is 0.546. The SMILES string of the molecule is N=C=O.N=C=O.OCC(O)CO. The number of rotatable bonds is 2. The van der Waals surface area contributed by atoms with Crippen LogP contribution < -0.4 is 0 Å². The maximum absolute atomic E-state index is 8.35. The van der Waals surface area contributed by atoms with Crippen molar-refractivity contribution in [2.75, 3.05) is 13.2 Å². The van der Waals surface area contributed by atoms with Gasteiger partial charge in [0.05, 0.1) is 13.2 Å². The molecule has 0 heterocycles. The van der Waals surface area contributed by atoms with Gasteiger partial charge in [0.1, 0.15) is 6.10 Å². The molecule has 0 saturated carbocycles. The lowest BCUT2D eigenvalue weighted by molar-refractivity contribution is 0.0450. The molecular weight excluding hydrogens is 168 g/mol. The quantitative estimate of drug-likeness (QED) is 0.249. The first-order valence-corrected chi connectivity index (χ1v) is 2.62. The van der Waals surface area contributed by atoms with E-state index in [4.69, 9.17) is 35.7 Å². The van der Waals surface area contributed by atoms with Gasteiger partial charge in [0.25, 0.3) is 0 Å². The van der Waals surface area contributed by atoms with Gasteiger partial charge in [-0.3, -0.25) is 0 Å². The van der Waals surface area contributed by atoms with Crippen molar-refractivity contribution in [2.45, 2.75) is 6.10 Å². The minimum atomic E-state index is -0.954. The molecule has 0 fully saturated rings. The van der Waals surface area contributed by atoms with Crippen LogP contribution in [-0.4, -0.2) is 46.8 Å². The van der Waals surface area contributed by atoms with Crippen LogP contribution in [0.4, 0.5) is 0 Å². The zero-order chi connectivity index (χ0) is 10.4. The van der Waals surface area contributed by atoms with Crippen molar-refractivity contribution in [3.63, 3.8) is 0 Å². The van der Waals surface area contributed by atoms with Crippen LogP contribution in [0.5, 0.6) is 0 Å². The van der Waals surface area contributed by atoms with Gasteiger partial charge in [0, 0.05) is 0 Å². The number of aliphatic hydroxyl groups is 3. The predicted octanol–water partition coefficient (Wildman–Crippen LogP) is -1.87. The van der Waals surface area contributed by atoms with Crippen LogP contribution in [-0.2, 0) is 9.59 Å². The Morgan fingerprint density at radius 1 is 1.08 bits per heavy atom. The van der Waals surface area contributed by atoms with Crippen LogP contribution in [0.3, 0.4) is 0 Å². The average Bonchev–Trinajstić information content (AvgIpc) is 2.06. The molecule has 0 spiro atoms. The van der Waals surface area contributed by atoms with Gasteiger partial charge in [-0.2, -0.15) is 0 Å². The van der Waals surface area contributed by atoms with Gasteiger partial charge >= 0.3 is 0 Å². The first-order valence-electron chi connectivity index (χ1n) is 2.62. The number of carbonyl (C=O) groups excluding carboxylic acids is 2.